The highest BCUT2D eigenvalue weighted by Crippen LogP contribution is 2.25. The third kappa shape index (κ3) is 3.00. The lowest BCUT2D eigenvalue weighted by molar-refractivity contribution is -0.143. The summed E-state index contributed by atoms with van der Waals surface area (Å²) in [7, 11) is 1.67. The fourth-order valence-electron chi connectivity index (χ4n) is 2.96. The Morgan fingerprint density at radius 3 is 2.53 bits per heavy atom. The number of carboxylic acid groups (broad SMARTS) is 1. The zero-order chi connectivity index (χ0) is 14.0. The molecule has 1 N–H and O–H groups in total. The fraction of sp³-hybridized carbons (Fsp3) is 0.846. The van der Waals surface area contributed by atoms with Crippen molar-refractivity contribution in [1.29, 1.82) is 0 Å². The van der Waals surface area contributed by atoms with Crippen LogP contribution < -0.4 is 0 Å². The molecule has 2 fully saturated rings. The molecule has 108 valence electrons. The van der Waals surface area contributed by atoms with Crippen LogP contribution in [0.2, 0.25) is 0 Å². The normalized spacial score (nSPS) is 31.6. The number of nitrogens with zero attached hydrogens (tertiary/aromatic N) is 2. The number of hydrogen-bond acceptors (Lipinski definition) is 3. The molecule has 6 nitrogen and oxygen atoms in total. The number of carboxylic acids is 1. The van der Waals surface area contributed by atoms with E-state index in [0.29, 0.717) is 25.9 Å². The summed E-state index contributed by atoms with van der Waals surface area (Å²) in [5.41, 5.74) is 0. The third-order valence-electron chi connectivity index (χ3n) is 4.22. The van der Waals surface area contributed by atoms with Gasteiger partial charge in [0.15, 0.2) is 0 Å². The van der Waals surface area contributed by atoms with E-state index < -0.39 is 5.97 Å². The number of amides is 2. The number of ether oxygens (including phenoxy) is 1. The maximum absolute atomic E-state index is 12.4. The van der Waals surface area contributed by atoms with Gasteiger partial charge >= 0.3 is 12.0 Å². The second-order valence-electron chi connectivity index (χ2n) is 5.48. The largest absolute Gasteiger partial charge is 0.481 e. The summed E-state index contributed by atoms with van der Waals surface area (Å²) >= 11 is 0. The molecule has 3 atom stereocenters. The Hall–Kier alpha value is -1.30. The molecule has 0 aromatic rings. The molecule has 2 aliphatic rings. The summed E-state index contributed by atoms with van der Waals surface area (Å²) < 4.78 is 5.26. The first-order valence-corrected chi connectivity index (χ1v) is 6.84. The van der Waals surface area contributed by atoms with E-state index in [-0.39, 0.29) is 24.1 Å². The molecule has 3 unspecified atom stereocenters. The number of carbonyl (C=O) groups is 2. The summed E-state index contributed by atoms with van der Waals surface area (Å²) in [4.78, 5) is 27.0. The number of aliphatic carboxylic acids is 1. The van der Waals surface area contributed by atoms with Crippen molar-refractivity contribution in [2.24, 2.45) is 5.92 Å². The first kappa shape index (κ1) is 14.1. The standard InChI is InChI=1S/C13H22N2O4/c1-9-7-10(12(16)17)3-6-15(9)13(18)14-5-4-11(8-14)19-2/h9-11H,3-8H2,1-2H3,(H,16,17). The van der Waals surface area contributed by atoms with E-state index in [2.05, 4.69) is 0 Å². The summed E-state index contributed by atoms with van der Waals surface area (Å²) in [5, 5.41) is 9.03. The summed E-state index contributed by atoms with van der Waals surface area (Å²) in [6.45, 7) is 3.83. The molecule has 0 spiro atoms. The van der Waals surface area contributed by atoms with Gasteiger partial charge in [-0.25, -0.2) is 4.79 Å². The minimum Gasteiger partial charge on any atom is -0.481 e. The van der Waals surface area contributed by atoms with Crippen LogP contribution in [-0.4, -0.2) is 65.8 Å². The van der Waals surface area contributed by atoms with Crippen LogP contribution >= 0.6 is 0 Å². The van der Waals surface area contributed by atoms with Crippen molar-refractivity contribution in [3.05, 3.63) is 0 Å². The SMILES string of the molecule is COC1CCN(C(=O)N2CCC(C(=O)O)CC2C)C1. The second kappa shape index (κ2) is 5.77. The molecule has 6 heteroatoms. The molecule has 0 saturated carbocycles. The highest BCUT2D eigenvalue weighted by molar-refractivity contribution is 5.76. The van der Waals surface area contributed by atoms with Crippen LogP contribution in [0.25, 0.3) is 0 Å². The Kier molecular flexibility index (Phi) is 4.29. The Labute approximate surface area is 113 Å². The molecule has 0 radical (unpaired) electrons. The van der Waals surface area contributed by atoms with E-state index in [0.717, 1.165) is 13.0 Å². The van der Waals surface area contributed by atoms with Crippen LogP contribution in [0.3, 0.4) is 0 Å². The smallest absolute Gasteiger partial charge is 0.320 e. The molecular formula is C13H22N2O4. The van der Waals surface area contributed by atoms with Gasteiger partial charge in [-0.1, -0.05) is 0 Å². The van der Waals surface area contributed by atoms with E-state index in [1.165, 1.54) is 0 Å². The van der Waals surface area contributed by atoms with Crippen molar-refractivity contribution in [2.45, 2.75) is 38.3 Å². The number of methoxy groups -OCH3 is 1. The van der Waals surface area contributed by atoms with Gasteiger partial charge in [0, 0.05) is 32.8 Å². The van der Waals surface area contributed by atoms with Crippen molar-refractivity contribution < 1.29 is 19.4 Å². The summed E-state index contributed by atoms with van der Waals surface area (Å²) in [5.74, 6) is -1.07. The Bertz CT molecular complexity index is 361. The number of likely N-dealkylation sites (tertiary alicyclic amines) is 2. The molecule has 0 aromatic carbocycles. The molecule has 0 aromatic heterocycles. The molecule has 2 saturated heterocycles. The van der Waals surface area contributed by atoms with Gasteiger partial charge in [0.1, 0.15) is 0 Å². The molecule has 2 heterocycles. The predicted octanol–water partition coefficient (Wildman–Crippen LogP) is 1.01. The minimum atomic E-state index is -0.750. The zero-order valence-corrected chi connectivity index (χ0v) is 11.5. The van der Waals surface area contributed by atoms with Gasteiger partial charge in [0.2, 0.25) is 0 Å². The molecule has 2 rings (SSSR count). The van der Waals surface area contributed by atoms with Gasteiger partial charge in [-0.15, -0.1) is 0 Å². The Morgan fingerprint density at radius 2 is 2.00 bits per heavy atom. The van der Waals surface area contributed by atoms with Gasteiger partial charge in [-0.2, -0.15) is 0 Å². The van der Waals surface area contributed by atoms with Crippen LogP contribution in [0, 0.1) is 5.92 Å². The first-order chi connectivity index (χ1) is 9.02. The van der Waals surface area contributed by atoms with Crippen LogP contribution in [-0.2, 0) is 9.53 Å². The van der Waals surface area contributed by atoms with E-state index in [4.69, 9.17) is 9.84 Å². The van der Waals surface area contributed by atoms with Crippen molar-refractivity contribution in [2.75, 3.05) is 26.7 Å². The van der Waals surface area contributed by atoms with Crippen LogP contribution in [0.5, 0.6) is 0 Å². The highest BCUT2D eigenvalue weighted by Gasteiger charge is 2.36. The van der Waals surface area contributed by atoms with Gasteiger partial charge < -0.3 is 19.6 Å². The Balaban J connectivity index is 1.92. The monoisotopic (exact) mass is 270 g/mol. The lowest BCUT2D eigenvalue weighted by atomic mass is 9.92. The van der Waals surface area contributed by atoms with Crippen LogP contribution in [0.4, 0.5) is 4.79 Å². The maximum Gasteiger partial charge on any atom is 0.320 e. The van der Waals surface area contributed by atoms with Gasteiger partial charge in [0.25, 0.3) is 0 Å². The number of rotatable bonds is 2. The van der Waals surface area contributed by atoms with E-state index in [1.807, 2.05) is 11.8 Å². The second-order valence-corrected chi connectivity index (χ2v) is 5.48. The predicted molar refractivity (Wildman–Crippen MR) is 68.9 cm³/mol. The van der Waals surface area contributed by atoms with Crippen LogP contribution in [0.15, 0.2) is 0 Å². The number of piperidine rings is 1. The number of urea groups is 1. The molecule has 0 bridgehead atoms. The molecule has 19 heavy (non-hydrogen) atoms. The number of carbonyl (C=O) groups excluding carboxylic acids is 1. The fourth-order valence-corrected chi connectivity index (χ4v) is 2.96. The van der Waals surface area contributed by atoms with E-state index in [1.54, 1.807) is 12.0 Å². The number of hydrogen-bond donors (Lipinski definition) is 1. The van der Waals surface area contributed by atoms with Crippen molar-refractivity contribution in [3.8, 4) is 0 Å². The third-order valence-corrected chi connectivity index (χ3v) is 4.22. The van der Waals surface area contributed by atoms with Crippen molar-refractivity contribution in [1.82, 2.24) is 9.80 Å². The lowest BCUT2D eigenvalue weighted by Gasteiger charge is -2.38. The summed E-state index contributed by atoms with van der Waals surface area (Å²) in [6, 6.07) is 0.0137. The summed E-state index contributed by atoms with van der Waals surface area (Å²) in [6.07, 6.45) is 2.11. The molecule has 0 aliphatic carbocycles. The van der Waals surface area contributed by atoms with Crippen LogP contribution in [0.1, 0.15) is 26.2 Å². The molecule has 2 aliphatic heterocycles. The van der Waals surface area contributed by atoms with E-state index in [9.17, 15) is 9.59 Å². The van der Waals surface area contributed by atoms with E-state index >= 15 is 0 Å². The van der Waals surface area contributed by atoms with Crippen molar-refractivity contribution >= 4 is 12.0 Å². The minimum absolute atomic E-state index is 0.0102. The molecule has 2 amide bonds. The Morgan fingerprint density at radius 1 is 1.26 bits per heavy atom. The average molecular weight is 270 g/mol. The van der Waals surface area contributed by atoms with Crippen molar-refractivity contribution in [3.63, 3.8) is 0 Å². The maximum atomic E-state index is 12.4. The first-order valence-electron chi connectivity index (χ1n) is 6.84. The highest BCUT2D eigenvalue weighted by atomic mass is 16.5. The quantitative estimate of drug-likeness (QED) is 0.813. The van der Waals surface area contributed by atoms with Gasteiger partial charge in [-0.3, -0.25) is 4.79 Å². The lowest BCUT2D eigenvalue weighted by Crippen LogP contribution is -2.51. The van der Waals surface area contributed by atoms with Gasteiger partial charge in [-0.05, 0) is 26.2 Å². The zero-order valence-electron chi connectivity index (χ0n) is 11.5. The topological polar surface area (TPSA) is 70.1 Å². The average Bonchev–Trinajstić information content (AvgIpc) is 2.86. The van der Waals surface area contributed by atoms with Gasteiger partial charge in [0.05, 0.1) is 12.0 Å². The molecular weight excluding hydrogens is 248 g/mol.